The van der Waals surface area contributed by atoms with Crippen LogP contribution in [-0.2, 0) is 0 Å². The first-order chi connectivity index (χ1) is 14.6. The SMILES string of the molecule is CCCCCCCCCCCCCCCCCCCCCCCCC[N+](C)(C)CC. The van der Waals surface area contributed by atoms with Gasteiger partial charge in [-0.2, -0.15) is 0 Å². The highest BCUT2D eigenvalue weighted by atomic mass is 15.3. The molecule has 0 aliphatic carbocycles. The van der Waals surface area contributed by atoms with Crippen LogP contribution in [0.15, 0.2) is 0 Å². The summed E-state index contributed by atoms with van der Waals surface area (Å²) in [7, 11) is 4.72. The topological polar surface area (TPSA) is 0 Å². The summed E-state index contributed by atoms with van der Waals surface area (Å²) in [4.78, 5) is 0. The molecule has 0 saturated carbocycles. The smallest absolute Gasteiger partial charge is 0.0782 e. The van der Waals surface area contributed by atoms with Crippen LogP contribution in [0.5, 0.6) is 0 Å². The molecule has 0 aromatic heterocycles. The lowest BCUT2D eigenvalue weighted by atomic mass is 10.0. The van der Waals surface area contributed by atoms with E-state index >= 15 is 0 Å². The van der Waals surface area contributed by atoms with Crippen LogP contribution >= 0.6 is 0 Å². The van der Waals surface area contributed by atoms with Gasteiger partial charge in [-0.1, -0.05) is 142 Å². The lowest BCUT2D eigenvalue weighted by Crippen LogP contribution is -2.39. The Morgan fingerprint density at radius 2 is 0.567 bits per heavy atom. The van der Waals surface area contributed by atoms with Gasteiger partial charge in [-0.25, -0.2) is 0 Å². The van der Waals surface area contributed by atoms with Crippen LogP contribution in [0.25, 0.3) is 0 Å². The van der Waals surface area contributed by atoms with Crippen molar-refractivity contribution in [1.29, 1.82) is 0 Å². The normalized spacial score (nSPS) is 12.0. The summed E-state index contributed by atoms with van der Waals surface area (Å²) in [5.74, 6) is 0. The van der Waals surface area contributed by atoms with Crippen molar-refractivity contribution in [3.63, 3.8) is 0 Å². The van der Waals surface area contributed by atoms with Crippen LogP contribution in [0.2, 0.25) is 0 Å². The van der Waals surface area contributed by atoms with E-state index in [0.29, 0.717) is 0 Å². The van der Waals surface area contributed by atoms with Gasteiger partial charge in [0.05, 0.1) is 27.2 Å². The fraction of sp³-hybridized carbons (Fsp3) is 1.00. The highest BCUT2D eigenvalue weighted by molar-refractivity contribution is 4.51. The first-order valence-electron chi connectivity index (χ1n) is 14.4. The molecule has 0 rings (SSSR count). The average molecular weight is 425 g/mol. The molecule has 0 saturated heterocycles. The summed E-state index contributed by atoms with van der Waals surface area (Å²) in [5, 5.41) is 0. The van der Waals surface area contributed by atoms with Crippen molar-refractivity contribution in [2.75, 3.05) is 27.2 Å². The Hall–Kier alpha value is -0.0400. The molecule has 0 aliphatic heterocycles. The first kappa shape index (κ1) is 30.0. The zero-order chi connectivity index (χ0) is 22.2. The van der Waals surface area contributed by atoms with Gasteiger partial charge in [0.15, 0.2) is 0 Å². The zero-order valence-electron chi connectivity index (χ0n) is 22.1. The van der Waals surface area contributed by atoms with E-state index in [2.05, 4.69) is 27.9 Å². The molecule has 0 aromatic rings. The molecule has 0 radical (unpaired) electrons. The minimum Gasteiger partial charge on any atom is -0.329 e. The zero-order valence-corrected chi connectivity index (χ0v) is 22.1. The number of hydrogen-bond donors (Lipinski definition) is 0. The van der Waals surface area contributed by atoms with E-state index in [-0.39, 0.29) is 0 Å². The maximum Gasteiger partial charge on any atom is 0.0782 e. The van der Waals surface area contributed by atoms with Crippen LogP contribution in [-0.4, -0.2) is 31.7 Å². The Balaban J connectivity index is 3.05. The second kappa shape index (κ2) is 23.6. The van der Waals surface area contributed by atoms with Crippen molar-refractivity contribution >= 4 is 0 Å². The van der Waals surface area contributed by atoms with Crippen LogP contribution in [0.3, 0.4) is 0 Å². The van der Waals surface area contributed by atoms with Crippen molar-refractivity contribution in [1.82, 2.24) is 0 Å². The van der Waals surface area contributed by atoms with Gasteiger partial charge in [0.2, 0.25) is 0 Å². The van der Waals surface area contributed by atoms with E-state index in [9.17, 15) is 0 Å². The Morgan fingerprint density at radius 1 is 0.333 bits per heavy atom. The van der Waals surface area contributed by atoms with Gasteiger partial charge >= 0.3 is 0 Å². The van der Waals surface area contributed by atoms with Crippen LogP contribution in [0, 0.1) is 0 Å². The fourth-order valence-corrected chi connectivity index (χ4v) is 4.48. The van der Waals surface area contributed by atoms with Gasteiger partial charge < -0.3 is 4.48 Å². The van der Waals surface area contributed by atoms with Gasteiger partial charge in [0, 0.05) is 0 Å². The van der Waals surface area contributed by atoms with Crippen LogP contribution < -0.4 is 0 Å². The molecule has 0 unspecified atom stereocenters. The lowest BCUT2D eigenvalue weighted by molar-refractivity contribution is -0.888. The molecule has 0 aliphatic rings. The largest absolute Gasteiger partial charge is 0.329 e. The average Bonchev–Trinajstić information content (AvgIpc) is 2.74. The second-order valence-electron chi connectivity index (χ2n) is 10.8. The van der Waals surface area contributed by atoms with E-state index in [1.807, 2.05) is 0 Å². The third-order valence-electron chi connectivity index (χ3n) is 7.22. The monoisotopic (exact) mass is 424 g/mol. The Kier molecular flexibility index (Phi) is 23.6. The van der Waals surface area contributed by atoms with Crippen molar-refractivity contribution in [2.45, 2.75) is 162 Å². The number of unbranched alkanes of at least 4 members (excludes halogenated alkanes) is 22. The molecule has 1 nitrogen and oxygen atoms in total. The molecule has 0 spiro atoms. The molecular formula is C29H62N+. The Labute approximate surface area is 193 Å². The molecule has 0 bridgehead atoms. The molecule has 30 heavy (non-hydrogen) atoms. The standard InChI is InChI=1S/C29H62N/c1-5-7-8-9-10-11-12-13-14-15-16-17-18-19-20-21-22-23-24-25-26-27-28-29-30(3,4)6-2/h5-29H2,1-4H3/q+1. The number of rotatable bonds is 25. The maximum atomic E-state index is 2.36. The lowest BCUT2D eigenvalue weighted by Gasteiger charge is -2.28. The minimum atomic E-state index is 1.19. The third-order valence-corrected chi connectivity index (χ3v) is 7.22. The van der Waals surface area contributed by atoms with Gasteiger partial charge in [-0.15, -0.1) is 0 Å². The van der Waals surface area contributed by atoms with E-state index < -0.39 is 0 Å². The van der Waals surface area contributed by atoms with Crippen molar-refractivity contribution in [3.05, 3.63) is 0 Å². The number of nitrogens with zero attached hydrogens (tertiary/aromatic N) is 1. The summed E-state index contributed by atoms with van der Waals surface area (Å²) in [6.45, 7) is 7.23. The Morgan fingerprint density at radius 3 is 0.800 bits per heavy atom. The van der Waals surface area contributed by atoms with E-state index in [4.69, 9.17) is 0 Å². The molecule has 0 heterocycles. The number of quaternary nitrogens is 1. The summed E-state index contributed by atoms with van der Waals surface area (Å²) in [5.41, 5.74) is 0. The molecule has 1 heteroatoms. The van der Waals surface area contributed by atoms with Gasteiger partial charge in [0.1, 0.15) is 0 Å². The highest BCUT2D eigenvalue weighted by Crippen LogP contribution is 2.15. The minimum absolute atomic E-state index is 1.19. The summed E-state index contributed by atoms with van der Waals surface area (Å²) >= 11 is 0. The maximum absolute atomic E-state index is 2.36. The summed E-state index contributed by atoms with van der Waals surface area (Å²) in [6, 6.07) is 0. The molecule has 0 fully saturated rings. The van der Waals surface area contributed by atoms with Gasteiger partial charge in [-0.05, 0) is 19.8 Å². The molecular weight excluding hydrogens is 362 g/mol. The first-order valence-corrected chi connectivity index (χ1v) is 14.4. The van der Waals surface area contributed by atoms with E-state index in [0.717, 1.165) is 0 Å². The van der Waals surface area contributed by atoms with Crippen LogP contribution in [0.1, 0.15) is 162 Å². The molecule has 0 atom stereocenters. The fourth-order valence-electron chi connectivity index (χ4n) is 4.48. The van der Waals surface area contributed by atoms with Crippen molar-refractivity contribution in [3.8, 4) is 0 Å². The van der Waals surface area contributed by atoms with Crippen LogP contribution in [0.4, 0.5) is 0 Å². The predicted octanol–water partition coefficient (Wildman–Crippen LogP) is 10.1. The third kappa shape index (κ3) is 24.2. The quantitative estimate of drug-likeness (QED) is 0.101. The van der Waals surface area contributed by atoms with E-state index in [1.165, 1.54) is 165 Å². The molecule has 182 valence electrons. The summed E-state index contributed by atoms with van der Waals surface area (Å²) in [6.07, 6.45) is 33.9. The molecule has 0 N–H and O–H groups in total. The second-order valence-corrected chi connectivity index (χ2v) is 10.8. The van der Waals surface area contributed by atoms with E-state index in [1.54, 1.807) is 0 Å². The molecule has 0 amide bonds. The van der Waals surface area contributed by atoms with Gasteiger partial charge in [0.25, 0.3) is 0 Å². The van der Waals surface area contributed by atoms with Crippen molar-refractivity contribution < 1.29 is 4.48 Å². The van der Waals surface area contributed by atoms with Gasteiger partial charge in [-0.3, -0.25) is 0 Å². The summed E-state index contributed by atoms with van der Waals surface area (Å²) < 4.78 is 1.19. The number of hydrogen-bond acceptors (Lipinski definition) is 0. The van der Waals surface area contributed by atoms with Crippen molar-refractivity contribution in [2.24, 2.45) is 0 Å². The predicted molar refractivity (Wildman–Crippen MR) is 139 cm³/mol. The highest BCUT2D eigenvalue weighted by Gasteiger charge is 2.09. The Bertz CT molecular complexity index is 309. The molecule has 0 aromatic carbocycles.